The van der Waals surface area contributed by atoms with E-state index in [0.717, 1.165) is 0 Å². The zero-order valence-electron chi connectivity index (χ0n) is 7.45. The van der Waals surface area contributed by atoms with Crippen LogP contribution in [0.2, 0.25) is 0 Å². The van der Waals surface area contributed by atoms with Crippen molar-refractivity contribution in [2.45, 2.75) is 6.18 Å². The summed E-state index contributed by atoms with van der Waals surface area (Å²) in [6.07, 6.45) is -4.79. The summed E-state index contributed by atoms with van der Waals surface area (Å²) in [7, 11) is 0. The van der Waals surface area contributed by atoms with Gasteiger partial charge < -0.3 is 5.11 Å². The minimum atomic E-state index is -4.96. The molecule has 0 aliphatic heterocycles. The summed E-state index contributed by atoms with van der Waals surface area (Å²) < 4.78 is 35.5. The number of hydrogen-bond donors (Lipinski definition) is 1. The van der Waals surface area contributed by atoms with Crippen LogP contribution in [0.1, 0.15) is 5.56 Å². The van der Waals surface area contributed by atoms with Gasteiger partial charge in [0.25, 0.3) is 5.78 Å². The van der Waals surface area contributed by atoms with Gasteiger partial charge in [0, 0.05) is 11.6 Å². The quantitative estimate of drug-likeness (QED) is 0.609. The Hall–Kier alpha value is -1.78. The first kappa shape index (κ1) is 11.3. The zero-order chi connectivity index (χ0) is 11.5. The van der Waals surface area contributed by atoms with Crippen LogP contribution < -0.4 is 0 Å². The molecule has 0 saturated carbocycles. The Kier molecular flexibility index (Phi) is 3.14. The van der Waals surface area contributed by atoms with Gasteiger partial charge in [0.2, 0.25) is 0 Å². The average Bonchev–Trinajstić information content (AvgIpc) is 2.17. The third-order valence-corrected chi connectivity index (χ3v) is 1.62. The molecule has 0 atom stereocenters. The van der Waals surface area contributed by atoms with Crippen molar-refractivity contribution >= 4 is 11.5 Å². The molecule has 5 heteroatoms. The summed E-state index contributed by atoms with van der Waals surface area (Å²) in [6.45, 7) is 0. The number of carbonyl (C=O) groups excluding carboxylic acids is 1. The second-order valence-electron chi connectivity index (χ2n) is 2.76. The van der Waals surface area contributed by atoms with Crippen LogP contribution in [0.25, 0.3) is 5.76 Å². The van der Waals surface area contributed by atoms with E-state index in [0.29, 0.717) is 0 Å². The average molecular weight is 216 g/mol. The lowest BCUT2D eigenvalue weighted by atomic mass is 10.1. The van der Waals surface area contributed by atoms with E-state index in [-0.39, 0.29) is 11.6 Å². The predicted molar refractivity (Wildman–Crippen MR) is 48.1 cm³/mol. The van der Waals surface area contributed by atoms with Gasteiger partial charge in [-0.1, -0.05) is 30.3 Å². The first-order valence-electron chi connectivity index (χ1n) is 3.98. The van der Waals surface area contributed by atoms with Gasteiger partial charge in [-0.05, 0) is 0 Å². The van der Waals surface area contributed by atoms with Crippen LogP contribution >= 0.6 is 0 Å². The summed E-state index contributed by atoms with van der Waals surface area (Å²) >= 11 is 0. The fourth-order valence-electron chi connectivity index (χ4n) is 0.898. The van der Waals surface area contributed by atoms with E-state index in [4.69, 9.17) is 0 Å². The minimum absolute atomic E-state index is 0.162. The molecular formula is C10H7F3O2. The Bertz CT molecular complexity index is 379. The van der Waals surface area contributed by atoms with Gasteiger partial charge >= 0.3 is 6.18 Å². The van der Waals surface area contributed by atoms with E-state index >= 15 is 0 Å². The van der Waals surface area contributed by atoms with Crippen molar-refractivity contribution in [1.82, 2.24) is 0 Å². The number of benzene rings is 1. The number of carbonyl (C=O) groups is 1. The van der Waals surface area contributed by atoms with Crippen LogP contribution in [-0.4, -0.2) is 17.1 Å². The van der Waals surface area contributed by atoms with Crippen molar-refractivity contribution in [3.05, 3.63) is 42.0 Å². The molecule has 1 N–H and O–H groups in total. The Morgan fingerprint density at radius 1 is 1.20 bits per heavy atom. The smallest absolute Gasteiger partial charge is 0.454 e. The number of hydrogen-bond acceptors (Lipinski definition) is 2. The topological polar surface area (TPSA) is 37.3 Å². The number of halogens is 3. The molecule has 0 aromatic heterocycles. The highest BCUT2D eigenvalue weighted by Crippen LogP contribution is 2.19. The number of aliphatic hydroxyl groups excluding tert-OH is 1. The Balaban J connectivity index is 2.91. The lowest BCUT2D eigenvalue weighted by Crippen LogP contribution is -2.20. The number of aliphatic hydroxyl groups is 1. The van der Waals surface area contributed by atoms with Crippen LogP contribution in [0, 0.1) is 0 Å². The van der Waals surface area contributed by atoms with E-state index in [1.54, 1.807) is 6.07 Å². The lowest BCUT2D eigenvalue weighted by Gasteiger charge is -2.02. The van der Waals surface area contributed by atoms with Crippen molar-refractivity contribution in [2.24, 2.45) is 0 Å². The van der Waals surface area contributed by atoms with Gasteiger partial charge in [0.15, 0.2) is 0 Å². The normalized spacial score (nSPS) is 12.6. The molecule has 1 aromatic carbocycles. The SMILES string of the molecule is O=C(C=C(O)c1ccccc1)C(F)(F)F. The van der Waals surface area contributed by atoms with Crippen molar-refractivity contribution in [1.29, 1.82) is 0 Å². The summed E-state index contributed by atoms with van der Waals surface area (Å²) in [5, 5.41) is 9.19. The number of ketones is 1. The Labute approximate surface area is 83.7 Å². The molecule has 0 radical (unpaired) electrons. The fraction of sp³-hybridized carbons (Fsp3) is 0.100. The fourth-order valence-corrected chi connectivity index (χ4v) is 0.898. The summed E-state index contributed by atoms with van der Waals surface area (Å²) in [4.78, 5) is 10.5. The van der Waals surface area contributed by atoms with Gasteiger partial charge in [-0.25, -0.2) is 0 Å². The van der Waals surface area contributed by atoms with Crippen LogP contribution in [-0.2, 0) is 4.79 Å². The van der Waals surface area contributed by atoms with Crippen molar-refractivity contribution in [3.63, 3.8) is 0 Å². The molecule has 0 amide bonds. The van der Waals surface area contributed by atoms with Crippen LogP contribution in [0.3, 0.4) is 0 Å². The summed E-state index contributed by atoms with van der Waals surface area (Å²) in [5.74, 6) is -2.78. The van der Waals surface area contributed by atoms with E-state index < -0.39 is 17.7 Å². The van der Waals surface area contributed by atoms with E-state index in [1.165, 1.54) is 24.3 Å². The highest BCUT2D eigenvalue weighted by atomic mass is 19.4. The van der Waals surface area contributed by atoms with Gasteiger partial charge in [0.05, 0.1) is 0 Å². The van der Waals surface area contributed by atoms with Gasteiger partial charge in [0.1, 0.15) is 5.76 Å². The monoisotopic (exact) mass is 216 g/mol. The maximum atomic E-state index is 11.8. The molecule has 0 aliphatic rings. The van der Waals surface area contributed by atoms with Crippen LogP contribution in [0.15, 0.2) is 36.4 Å². The van der Waals surface area contributed by atoms with Crippen LogP contribution in [0.4, 0.5) is 13.2 Å². The Morgan fingerprint density at radius 3 is 2.20 bits per heavy atom. The van der Waals surface area contributed by atoms with E-state index in [2.05, 4.69) is 0 Å². The highest BCUT2D eigenvalue weighted by molar-refractivity contribution is 5.99. The molecule has 2 nitrogen and oxygen atoms in total. The van der Waals surface area contributed by atoms with Crippen molar-refractivity contribution in [2.75, 3.05) is 0 Å². The molecule has 1 aromatic rings. The molecular weight excluding hydrogens is 209 g/mol. The third kappa shape index (κ3) is 3.12. The van der Waals surface area contributed by atoms with Crippen molar-refractivity contribution < 1.29 is 23.1 Å². The zero-order valence-corrected chi connectivity index (χ0v) is 7.45. The number of allylic oxidation sites excluding steroid dienone is 1. The molecule has 0 heterocycles. The summed E-state index contributed by atoms with van der Waals surface area (Å²) in [5.41, 5.74) is 0.162. The molecule has 0 aliphatic carbocycles. The standard InChI is InChI=1S/C10H7F3O2/c11-10(12,13)9(15)6-8(14)7-4-2-1-3-5-7/h1-6,14H. The maximum absolute atomic E-state index is 11.8. The summed E-state index contributed by atoms with van der Waals surface area (Å²) in [6, 6.07) is 7.52. The molecule has 0 saturated heterocycles. The first-order chi connectivity index (χ1) is 6.91. The highest BCUT2D eigenvalue weighted by Gasteiger charge is 2.36. The van der Waals surface area contributed by atoms with Crippen LogP contribution in [0.5, 0.6) is 0 Å². The second-order valence-corrected chi connectivity index (χ2v) is 2.76. The molecule has 0 unspecified atom stereocenters. The van der Waals surface area contributed by atoms with Gasteiger partial charge in [-0.15, -0.1) is 0 Å². The van der Waals surface area contributed by atoms with Gasteiger partial charge in [-0.3, -0.25) is 4.79 Å². The van der Waals surface area contributed by atoms with E-state index in [9.17, 15) is 23.1 Å². The Morgan fingerprint density at radius 2 is 1.73 bits per heavy atom. The largest absolute Gasteiger partial charge is 0.507 e. The molecule has 0 fully saturated rings. The lowest BCUT2D eigenvalue weighted by molar-refractivity contribution is -0.165. The molecule has 0 bridgehead atoms. The molecule has 0 spiro atoms. The number of rotatable bonds is 2. The maximum Gasteiger partial charge on any atom is 0.454 e. The predicted octanol–water partition coefficient (Wildman–Crippen LogP) is 2.72. The second kappa shape index (κ2) is 4.16. The molecule has 15 heavy (non-hydrogen) atoms. The number of alkyl halides is 3. The first-order valence-corrected chi connectivity index (χ1v) is 3.98. The molecule has 1 rings (SSSR count). The minimum Gasteiger partial charge on any atom is -0.507 e. The van der Waals surface area contributed by atoms with Crippen molar-refractivity contribution in [3.8, 4) is 0 Å². The molecule has 80 valence electrons. The van der Waals surface area contributed by atoms with E-state index in [1.807, 2.05) is 0 Å². The third-order valence-electron chi connectivity index (χ3n) is 1.62. The van der Waals surface area contributed by atoms with Gasteiger partial charge in [-0.2, -0.15) is 13.2 Å².